The Kier molecular flexibility index (Phi) is 5.90. The van der Waals surface area contributed by atoms with Gasteiger partial charge >= 0.3 is 0 Å². The van der Waals surface area contributed by atoms with E-state index in [0.29, 0.717) is 12.1 Å². The van der Waals surface area contributed by atoms with E-state index in [9.17, 15) is 13.2 Å². The highest BCUT2D eigenvalue weighted by Crippen LogP contribution is 2.11. The van der Waals surface area contributed by atoms with Crippen LogP contribution in [0.25, 0.3) is 0 Å². The van der Waals surface area contributed by atoms with Gasteiger partial charge in [-0.15, -0.1) is 0 Å². The fraction of sp³-hybridized carbons (Fsp3) is 0.235. The van der Waals surface area contributed by atoms with Crippen molar-refractivity contribution >= 4 is 15.9 Å². The maximum atomic E-state index is 12.1. The highest BCUT2D eigenvalue weighted by Gasteiger charge is 2.13. The first kappa shape index (κ1) is 17.2. The summed E-state index contributed by atoms with van der Waals surface area (Å²) in [4.78, 5) is 12.2. The fourth-order valence-corrected chi connectivity index (χ4v) is 2.94. The number of amides is 1. The second kappa shape index (κ2) is 7.89. The Balaban J connectivity index is 1.90. The van der Waals surface area contributed by atoms with E-state index < -0.39 is 10.0 Å². The first-order valence-electron chi connectivity index (χ1n) is 7.38. The van der Waals surface area contributed by atoms with Crippen LogP contribution in [0.1, 0.15) is 22.3 Å². The van der Waals surface area contributed by atoms with E-state index in [0.717, 1.165) is 12.8 Å². The number of rotatable bonds is 7. The predicted molar refractivity (Wildman–Crippen MR) is 89.8 cm³/mol. The number of carbonyl (C=O) groups excluding carboxylic acids is 1. The largest absolute Gasteiger partial charge is 0.352 e. The maximum Gasteiger partial charge on any atom is 0.251 e. The van der Waals surface area contributed by atoms with Crippen molar-refractivity contribution in [1.82, 2.24) is 10.0 Å². The lowest BCUT2D eigenvalue weighted by Crippen LogP contribution is -2.25. The monoisotopic (exact) mass is 332 g/mol. The van der Waals surface area contributed by atoms with E-state index in [2.05, 4.69) is 10.0 Å². The molecule has 122 valence electrons. The molecular formula is C17H20N2O3S. The molecule has 0 aliphatic carbocycles. The zero-order valence-electron chi connectivity index (χ0n) is 13.0. The summed E-state index contributed by atoms with van der Waals surface area (Å²) in [6.45, 7) is 0.538. The molecule has 6 heteroatoms. The van der Waals surface area contributed by atoms with Gasteiger partial charge in [0.25, 0.3) is 5.91 Å². The van der Waals surface area contributed by atoms with Gasteiger partial charge in [0.2, 0.25) is 10.0 Å². The third-order valence-electron chi connectivity index (χ3n) is 3.45. The normalized spacial score (nSPS) is 11.2. The van der Waals surface area contributed by atoms with Gasteiger partial charge in [0.05, 0.1) is 4.90 Å². The van der Waals surface area contributed by atoms with Gasteiger partial charge in [-0.2, -0.15) is 0 Å². The van der Waals surface area contributed by atoms with E-state index in [1.165, 1.54) is 24.7 Å². The zero-order valence-corrected chi connectivity index (χ0v) is 13.8. The molecule has 0 aliphatic rings. The van der Waals surface area contributed by atoms with Gasteiger partial charge in [-0.3, -0.25) is 4.79 Å². The Hall–Kier alpha value is -2.18. The van der Waals surface area contributed by atoms with E-state index in [1.807, 2.05) is 30.3 Å². The van der Waals surface area contributed by atoms with Crippen LogP contribution in [-0.2, 0) is 16.4 Å². The van der Waals surface area contributed by atoms with Gasteiger partial charge < -0.3 is 5.32 Å². The highest BCUT2D eigenvalue weighted by molar-refractivity contribution is 7.89. The van der Waals surface area contributed by atoms with Crippen LogP contribution in [0.4, 0.5) is 0 Å². The molecule has 5 nitrogen and oxygen atoms in total. The van der Waals surface area contributed by atoms with Gasteiger partial charge in [0, 0.05) is 12.1 Å². The average Bonchev–Trinajstić information content (AvgIpc) is 2.59. The molecule has 0 saturated heterocycles. The van der Waals surface area contributed by atoms with Gasteiger partial charge in [-0.05, 0) is 43.7 Å². The fourth-order valence-electron chi connectivity index (χ4n) is 2.16. The Labute approximate surface area is 136 Å². The average molecular weight is 332 g/mol. The van der Waals surface area contributed by atoms with Crippen LogP contribution < -0.4 is 10.0 Å². The number of hydrogen-bond acceptors (Lipinski definition) is 3. The minimum atomic E-state index is -3.55. The van der Waals surface area contributed by atoms with Crippen molar-refractivity contribution in [2.45, 2.75) is 17.7 Å². The van der Waals surface area contributed by atoms with Crippen LogP contribution >= 0.6 is 0 Å². The van der Waals surface area contributed by atoms with E-state index >= 15 is 0 Å². The van der Waals surface area contributed by atoms with Crippen LogP contribution in [0.3, 0.4) is 0 Å². The first-order valence-corrected chi connectivity index (χ1v) is 8.87. The maximum absolute atomic E-state index is 12.1. The molecule has 0 bridgehead atoms. The van der Waals surface area contributed by atoms with Gasteiger partial charge in [-0.1, -0.05) is 36.4 Å². The molecule has 0 aromatic heterocycles. The Morgan fingerprint density at radius 3 is 2.48 bits per heavy atom. The first-order chi connectivity index (χ1) is 11.0. The topological polar surface area (TPSA) is 75.3 Å². The van der Waals surface area contributed by atoms with Crippen molar-refractivity contribution in [3.8, 4) is 0 Å². The Morgan fingerprint density at radius 2 is 1.78 bits per heavy atom. The lowest BCUT2D eigenvalue weighted by Gasteiger charge is -2.07. The lowest BCUT2D eigenvalue weighted by atomic mass is 10.1. The Bertz CT molecular complexity index is 758. The molecule has 0 radical (unpaired) electrons. The summed E-state index contributed by atoms with van der Waals surface area (Å²) >= 11 is 0. The van der Waals surface area contributed by atoms with Crippen LogP contribution in [0.5, 0.6) is 0 Å². The van der Waals surface area contributed by atoms with Crippen molar-refractivity contribution in [2.75, 3.05) is 13.6 Å². The SMILES string of the molecule is CNS(=O)(=O)c1cccc(C(=O)NCCCc2ccccc2)c1. The molecular weight excluding hydrogens is 312 g/mol. The number of aryl methyl sites for hydroxylation is 1. The molecule has 0 saturated carbocycles. The van der Waals surface area contributed by atoms with Crippen LogP contribution in [0.2, 0.25) is 0 Å². The van der Waals surface area contributed by atoms with E-state index in [1.54, 1.807) is 12.1 Å². The lowest BCUT2D eigenvalue weighted by molar-refractivity contribution is 0.0953. The van der Waals surface area contributed by atoms with Crippen molar-refractivity contribution < 1.29 is 13.2 Å². The van der Waals surface area contributed by atoms with Crippen LogP contribution in [0, 0.1) is 0 Å². The minimum Gasteiger partial charge on any atom is -0.352 e. The Morgan fingerprint density at radius 1 is 1.04 bits per heavy atom. The summed E-state index contributed by atoms with van der Waals surface area (Å²) in [7, 11) is -2.21. The number of benzene rings is 2. The second-order valence-corrected chi connectivity index (χ2v) is 6.97. The molecule has 1 amide bonds. The quantitative estimate of drug-likeness (QED) is 0.761. The smallest absolute Gasteiger partial charge is 0.251 e. The number of nitrogens with one attached hydrogen (secondary N) is 2. The molecule has 2 N–H and O–H groups in total. The van der Waals surface area contributed by atoms with Crippen molar-refractivity contribution in [2.24, 2.45) is 0 Å². The van der Waals surface area contributed by atoms with Crippen molar-refractivity contribution in [3.05, 3.63) is 65.7 Å². The van der Waals surface area contributed by atoms with E-state index in [-0.39, 0.29) is 10.8 Å². The molecule has 0 heterocycles. The summed E-state index contributed by atoms with van der Waals surface area (Å²) in [6.07, 6.45) is 1.71. The van der Waals surface area contributed by atoms with Crippen molar-refractivity contribution in [1.29, 1.82) is 0 Å². The zero-order chi connectivity index (χ0) is 16.7. The van der Waals surface area contributed by atoms with Gasteiger partial charge in [0.15, 0.2) is 0 Å². The van der Waals surface area contributed by atoms with Gasteiger partial charge in [0.1, 0.15) is 0 Å². The minimum absolute atomic E-state index is 0.0805. The molecule has 2 aromatic carbocycles. The summed E-state index contributed by atoms with van der Waals surface area (Å²) in [5, 5.41) is 2.81. The molecule has 0 fully saturated rings. The second-order valence-electron chi connectivity index (χ2n) is 5.08. The molecule has 0 unspecified atom stereocenters. The highest BCUT2D eigenvalue weighted by atomic mass is 32.2. The molecule has 23 heavy (non-hydrogen) atoms. The summed E-state index contributed by atoms with van der Waals surface area (Å²) < 4.78 is 25.7. The number of carbonyl (C=O) groups is 1. The third kappa shape index (κ3) is 4.91. The van der Waals surface area contributed by atoms with Crippen LogP contribution in [-0.4, -0.2) is 27.9 Å². The molecule has 2 rings (SSSR count). The van der Waals surface area contributed by atoms with Gasteiger partial charge in [-0.25, -0.2) is 13.1 Å². The third-order valence-corrected chi connectivity index (χ3v) is 4.86. The number of sulfonamides is 1. The summed E-state index contributed by atoms with van der Waals surface area (Å²) in [5.41, 5.74) is 1.56. The summed E-state index contributed by atoms with van der Waals surface area (Å²) in [6, 6.07) is 16.0. The molecule has 0 atom stereocenters. The molecule has 0 aliphatic heterocycles. The predicted octanol–water partition coefficient (Wildman–Crippen LogP) is 1.96. The van der Waals surface area contributed by atoms with Crippen LogP contribution in [0.15, 0.2) is 59.5 Å². The number of hydrogen-bond donors (Lipinski definition) is 2. The molecule has 2 aromatic rings. The summed E-state index contributed by atoms with van der Waals surface area (Å²) in [5.74, 6) is -0.272. The molecule has 0 spiro atoms. The van der Waals surface area contributed by atoms with Crippen molar-refractivity contribution in [3.63, 3.8) is 0 Å². The standard InChI is InChI=1S/C17H20N2O3S/c1-18-23(21,22)16-11-5-10-15(13-16)17(20)19-12-6-9-14-7-3-2-4-8-14/h2-5,7-8,10-11,13,18H,6,9,12H2,1H3,(H,19,20). The van der Waals surface area contributed by atoms with E-state index in [4.69, 9.17) is 0 Å².